The van der Waals surface area contributed by atoms with Gasteiger partial charge in [0, 0.05) is 37.3 Å². The Hall–Kier alpha value is -2.37. The molecule has 0 radical (unpaired) electrons. The van der Waals surface area contributed by atoms with Crippen LogP contribution in [0.2, 0.25) is 0 Å². The van der Waals surface area contributed by atoms with Crippen molar-refractivity contribution in [2.75, 3.05) is 16.3 Å². The predicted molar refractivity (Wildman–Crippen MR) is 83.3 cm³/mol. The van der Waals surface area contributed by atoms with E-state index in [1.54, 1.807) is 11.0 Å². The van der Waals surface area contributed by atoms with Crippen LogP contribution in [-0.4, -0.2) is 35.5 Å². The van der Waals surface area contributed by atoms with Crippen molar-refractivity contribution in [2.24, 2.45) is 0 Å². The standard InChI is InChI=1S/C16H20N2O4/c1-10(2)18(11(3)19)14-8-12(16(21)22)7-13(9-14)17-6-4-5-15(17)20/h7-10H,4-6H2,1-3H3,(H,21,22). The molecule has 0 saturated carbocycles. The SMILES string of the molecule is CC(=O)N(c1cc(C(=O)O)cc(N2CCCC2=O)c1)C(C)C. The molecule has 0 bridgehead atoms. The molecule has 1 aliphatic rings. The maximum Gasteiger partial charge on any atom is 0.335 e. The number of amides is 2. The average Bonchev–Trinajstić information content (AvgIpc) is 2.83. The molecule has 1 saturated heterocycles. The lowest BCUT2D eigenvalue weighted by molar-refractivity contribution is -0.117. The maximum absolute atomic E-state index is 11.9. The Balaban J connectivity index is 2.54. The minimum atomic E-state index is -1.08. The lowest BCUT2D eigenvalue weighted by Crippen LogP contribution is -2.35. The predicted octanol–water partition coefficient (Wildman–Crippen LogP) is 2.27. The number of carboxylic acid groups (broad SMARTS) is 1. The highest BCUT2D eigenvalue weighted by Gasteiger charge is 2.25. The van der Waals surface area contributed by atoms with E-state index in [1.165, 1.54) is 24.0 Å². The van der Waals surface area contributed by atoms with Crippen LogP contribution in [0.15, 0.2) is 18.2 Å². The van der Waals surface area contributed by atoms with E-state index in [1.807, 2.05) is 13.8 Å². The van der Waals surface area contributed by atoms with Gasteiger partial charge in [-0.1, -0.05) is 0 Å². The minimum Gasteiger partial charge on any atom is -0.478 e. The van der Waals surface area contributed by atoms with E-state index in [9.17, 15) is 19.5 Å². The molecule has 0 aliphatic carbocycles. The van der Waals surface area contributed by atoms with Crippen molar-refractivity contribution in [1.29, 1.82) is 0 Å². The van der Waals surface area contributed by atoms with Gasteiger partial charge in [0.15, 0.2) is 0 Å². The lowest BCUT2D eigenvalue weighted by atomic mass is 10.1. The molecular weight excluding hydrogens is 284 g/mol. The minimum absolute atomic E-state index is 0.0209. The number of carbonyl (C=O) groups is 3. The maximum atomic E-state index is 11.9. The number of aromatic carboxylic acids is 1. The number of rotatable bonds is 4. The van der Waals surface area contributed by atoms with Crippen LogP contribution in [0.5, 0.6) is 0 Å². The molecule has 22 heavy (non-hydrogen) atoms. The molecule has 0 aromatic heterocycles. The Bertz CT molecular complexity index is 625. The molecule has 0 spiro atoms. The van der Waals surface area contributed by atoms with Gasteiger partial charge in [-0.15, -0.1) is 0 Å². The van der Waals surface area contributed by atoms with E-state index in [2.05, 4.69) is 0 Å². The van der Waals surface area contributed by atoms with Crippen molar-refractivity contribution in [1.82, 2.24) is 0 Å². The highest BCUT2D eigenvalue weighted by Crippen LogP contribution is 2.29. The highest BCUT2D eigenvalue weighted by molar-refractivity contribution is 6.00. The second-order valence-corrected chi connectivity index (χ2v) is 5.67. The Labute approximate surface area is 129 Å². The summed E-state index contributed by atoms with van der Waals surface area (Å²) in [6.07, 6.45) is 1.22. The zero-order chi connectivity index (χ0) is 16.4. The first-order chi connectivity index (χ1) is 10.3. The smallest absolute Gasteiger partial charge is 0.335 e. The average molecular weight is 304 g/mol. The van der Waals surface area contributed by atoms with E-state index in [4.69, 9.17) is 0 Å². The van der Waals surface area contributed by atoms with Crippen molar-refractivity contribution in [2.45, 2.75) is 39.7 Å². The molecule has 118 valence electrons. The fourth-order valence-corrected chi connectivity index (χ4v) is 2.78. The van der Waals surface area contributed by atoms with Gasteiger partial charge in [0.05, 0.1) is 5.56 Å². The third-order valence-corrected chi connectivity index (χ3v) is 3.67. The normalized spacial score (nSPS) is 14.5. The van der Waals surface area contributed by atoms with E-state index in [0.717, 1.165) is 6.42 Å². The largest absolute Gasteiger partial charge is 0.478 e. The Morgan fingerprint density at radius 2 is 1.95 bits per heavy atom. The molecule has 1 heterocycles. The van der Waals surface area contributed by atoms with Crippen molar-refractivity contribution in [3.05, 3.63) is 23.8 Å². The van der Waals surface area contributed by atoms with Gasteiger partial charge in [0.2, 0.25) is 11.8 Å². The first kappa shape index (κ1) is 16.0. The molecule has 6 heteroatoms. The van der Waals surface area contributed by atoms with Crippen molar-refractivity contribution in [3.63, 3.8) is 0 Å². The molecule has 2 amide bonds. The zero-order valence-corrected chi connectivity index (χ0v) is 13.0. The summed E-state index contributed by atoms with van der Waals surface area (Å²) in [6.45, 7) is 5.72. The van der Waals surface area contributed by atoms with Gasteiger partial charge in [-0.2, -0.15) is 0 Å². The van der Waals surface area contributed by atoms with Gasteiger partial charge in [-0.3, -0.25) is 9.59 Å². The first-order valence-corrected chi connectivity index (χ1v) is 7.30. The summed E-state index contributed by atoms with van der Waals surface area (Å²) in [5, 5.41) is 9.29. The number of hydrogen-bond donors (Lipinski definition) is 1. The summed E-state index contributed by atoms with van der Waals surface area (Å²) in [4.78, 5) is 38.2. The van der Waals surface area contributed by atoms with Gasteiger partial charge in [0.1, 0.15) is 0 Å². The third kappa shape index (κ3) is 3.10. The van der Waals surface area contributed by atoms with Crippen LogP contribution in [0.3, 0.4) is 0 Å². The number of hydrogen-bond acceptors (Lipinski definition) is 3. The van der Waals surface area contributed by atoms with Crippen LogP contribution >= 0.6 is 0 Å². The van der Waals surface area contributed by atoms with Gasteiger partial charge >= 0.3 is 5.97 Å². The van der Waals surface area contributed by atoms with Crippen LogP contribution in [0, 0.1) is 0 Å². The van der Waals surface area contributed by atoms with E-state index >= 15 is 0 Å². The number of anilines is 2. The number of carbonyl (C=O) groups excluding carboxylic acids is 2. The van der Waals surface area contributed by atoms with Gasteiger partial charge in [0.25, 0.3) is 0 Å². The number of carboxylic acids is 1. The monoisotopic (exact) mass is 304 g/mol. The van der Waals surface area contributed by atoms with Crippen LogP contribution in [0.25, 0.3) is 0 Å². The Kier molecular flexibility index (Phi) is 4.49. The number of nitrogens with zero attached hydrogens (tertiary/aromatic N) is 2. The Morgan fingerprint density at radius 3 is 2.41 bits per heavy atom. The topological polar surface area (TPSA) is 77.9 Å². The summed E-state index contributed by atoms with van der Waals surface area (Å²) in [6, 6.07) is 4.54. The zero-order valence-electron chi connectivity index (χ0n) is 13.0. The van der Waals surface area contributed by atoms with Crippen molar-refractivity contribution < 1.29 is 19.5 Å². The third-order valence-electron chi connectivity index (χ3n) is 3.67. The molecule has 1 N–H and O–H groups in total. The molecule has 6 nitrogen and oxygen atoms in total. The molecule has 1 fully saturated rings. The summed E-state index contributed by atoms with van der Waals surface area (Å²) in [5.74, 6) is -1.27. The molecule has 2 rings (SSSR count). The molecule has 1 aromatic rings. The Morgan fingerprint density at radius 1 is 1.27 bits per heavy atom. The number of benzene rings is 1. The van der Waals surface area contributed by atoms with Crippen LogP contribution in [0.1, 0.15) is 44.0 Å². The molecule has 1 aliphatic heterocycles. The van der Waals surface area contributed by atoms with E-state index in [-0.39, 0.29) is 23.4 Å². The molecule has 0 unspecified atom stereocenters. The highest BCUT2D eigenvalue weighted by atomic mass is 16.4. The summed E-state index contributed by atoms with van der Waals surface area (Å²) < 4.78 is 0. The molecule has 1 aromatic carbocycles. The van der Waals surface area contributed by atoms with Gasteiger partial charge < -0.3 is 14.9 Å². The second kappa shape index (κ2) is 6.17. The summed E-state index contributed by atoms with van der Waals surface area (Å²) in [5.41, 5.74) is 1.10. The summed E-state index contributed by atoms with van der Waals surface area (Å²) in [7, 11) is 0. The van der Waals surface area contributed by atoms with Crippen molar-refractivity contribution in [3.8, 4) is 0 Å². The molecular formula is C16H20N2O4. The van der Waals surface area contributed by atoms with Gasteiger partial charge in [-0.05, 0) is 38.5 Å². The summed E-state index contributed by atoms with van der Waals surface area (Å²) >= 11 is 0. The van der Waals surface area contributed by atoms with Gasteiger partial charge in [-0.25, -0.2) is 4.79 Å². The quantitative estimate of drug-likeness (QED) is 0.925. The van der Waals surface area contributed by atoms with Crippen molar-refractivity contribution >= 4 is 29.2 Å². The second-order valence-electron chi connectivity index (χ2n) is 5.67. The molecule has 0 atom stereocenters. The fourth-order valence-electron chi connectivity index (χ4n) is 2.78. The van der Waals surface area contributed by atoms with E-state index < -0.39 is 5.97 Å². The fraction of sp³-hybridized carbons (Fsp3) is 0.438. The van der Waals surface area contributed by atoms with Crippen LogP contribution < -0.4 is 9.80 Å². The van der Waals surface area contributed by atoms with Crippen LogP contribution in [-0.2, 0) is 9.59 Å². The lowest BCUT2D eigenvalue weighted by Gasteiger charge is -2.27. The van der Waals surface area contributed by atoms with Crippen LogP contribution in [0.4, 0.5) is 11.4 Å². The first-order valence-electron chi connectivity index (χ1n) is 7.30. The van der Waals surface area contributed by atoms with E-state index in [0.29, 0.717) is 24.3 Å².